The fraction of sp³-hybridized carbons (Fsp3) is 0. The summed E-state index contributed by atoms with van der Waals surface area (Å²) in [5, 5.41) is 11.3. The Morgan fingerprint density at radius 2 is 1.82 bits per heavy atom. The molecule has 0 unspecified atom stereocenters. The van der Waals surface area contributed by atoms with Gasteiger partial charge in [0.1, 0.15) is 10.8 Å². The first-order valence-electron chi connectivity index (χ1n) is 6.05. The molecule has 0 fully saturated rings. The number of benzene rings is 2. The molecular formula is C15H9Cl2NO4. The van der Waals surface area contributed by atoms with Crippen molar-refractivity contribution in [3.8, 4) is 5.75 Å². The summed E-state index contributed by atoms with van der Waals surface area (Å²) in [6.45, 7) is 0. The van der Waals surface area contributed by atoms with E-state index in [1.165, 1.54) is 24.3 Å². The van der Waals surface area contributed by atoms with Gasteiger partial charge in [-0.3, -0.25) is 10.1 Å². The molecule has 0 spiro atoms. The Balaban J connectivity index is 2.08. The van der Waals surface area contributed by atoms with Gasteiger partial charge in [-0.2, -0.15) is 0 Å². The Hall–Kier alpha value is -2.37. The summed E-state index contributed by atoms with van der Waals surface area (Å²) in [5.74, 6) is -0.263. The van der Waals surface area contributed by atoms with Crippen LogP contribution in [0.15, 0.2) is 48.5 Å². The molecule has 0 aliphatic carbocycles. The van der Waals surface area contributed by atoms with Gasteiger partial charge in [0.25, 0.3) is 5.69 Å². The van der Waals surface area contributed by atoms with E-state index in [4.69, 9.17) is 27.9 Å². The molecule has 5 nitrogen and oxygen atoms in total. The summed E-state index contributed by atoms with van der Waals surface area (Å²) in [7, 11) is 0. The maximum Gasteiger partial charge on any atom is 0.336 e. The van der Waals surface area contributed by atoms with Crippen LogP contribution in [-0.4, -0.2) is 10.9 Å². The highest BCUT2D eigenvalue weighted by atomic mass is 35.5. The van der Waals surface area contributed by atoms with Crippen LogP contribution in [0.3, 0.4) is 0 Å². The number of hydrogen-bond acceptors (Lipinski definition) is 4. The Morgan fingerprint density at radius 1 is 1.14 bits per heavy atom. The molecule has 2 rings (SSSR count). The number of rotatable bonds is 4. The number of nitro groups is 1. The molecular weight excluding hydrogens is 329 g/mol. The number of nitrogens with zero attached hydrogens (tertiary/aromatic N) is 1. The average Bonchev–Trinajstić information content (AvgIpc) is 2.48. The second-order valence-corrected chi connectivity index (χ2v) is 5.02. The lowest BCUT2D eigenvalue weighted by molar-refractivity contribution is -0.384. The van der Waals surface area contributed by atoms with E-state index in [0.717, 1.165) is 0 Å². The maximum atomic E-state index is 11.7. The minimum Gasteiger partial charge on any atom is -0.423 e. The second-order valence-electron chi connectivity index (χ2n) is 4.18. The lowest BCUT2D eigenvalue weighted by atomic mass is 10.2. The normalized spacial score (nSPS) is 10.6. The van der Waals surface area contributed by atoms with Crippen LogP contribution >= 0.6 is 23.2 Å². The molecule has 0 aromatic heterocycles. The van der Waals surface area contributed by atoms with Gasteiger partial charge in [-0.15, -0.1) is 0 Å². The van der Waals surface area contributed by atoms with Gasteiger partial charge < -0.3 is 4.74 Å². The fourth-order valence-electron chi connectivity index (χ4n) is 1.59. The van der Waals surface area contributed by atoms with Crippen molar-refractivity contribution in [2.24, 2.45) is 0 Å². The molecule has 7 heteroatoms. The quantitative estimate of drug-likeness (QED) is 0.270. The first-order valence-corrected chi connectivity index (χ1v) is 6.81. The molecule has 22 heavy (non-hydrogen) atoms. The van der Waals surface area contributed by atoms with Crippen LogP contribution in [0.2, 0.25) is 10.0 Å². The largest absolute Gasteiger partial charge is 0.423 e. The lowest BCUT2D eigenvalue weighted by Gasteiger charge is -2.01. The highest BCUT2D eigenvalue weighted by Gasteiger charge is 2.11. The van der Waals surface area contributed by atoms with Crippen LogP contribution in [-0.2, 0) is 4.79 Å². The van der Waals surface area contributed by atoms with Crippen molar-refractivity contribution in [2.75, 3.05) is 0 Å². The predicted octanol–water partition coefficient (Wildman–Crippen LogP) is 4.52. The molecule has 0 saturated heterocycles. The summed E-state index contributed by atoms with van der Waals surface area (Å²) < 4.78 is 5.05. The summed E-state index contributed by atoms with van der Waals surface area (Å²) in [6, 6.07) is 10.5. The van der Waals surface area contributed by atoms with E-state index in [1.54, 1.807) is 30.3 Å². The molecule has 2 aromatic rings. The molecule has 2 aromatic carbocycles. The van der Waals surface area contributed by atoms with Gasteiger partial charge in [-0.1, -0.05) is 29.3 Å². The van der Waals surface area contributed by atoms with Crippen molar-refractivity contribution in [1.82, 2.24) is 0 Å². The third-order valence-electron chi connectivity index (χ3n) is 2.61. The molecule has 0 aliphatic heterocycles. The van der Waals surface area contributed by atoms with Gasteiger partial charge in [0.05, 0.1) is 4.92 Å². The molecule has 0 bridgehead atoms. The lowest BCUT2D eigenvalue weighted by Crippen LogP contribution is -2.03. The third kappa shape index (κ3) is 4.31. The van der Waals surface area contributed by atoms with Crippen LogP contribution in [0.1, 0.15) is 5.56 Å². The first-order chi connectivity index (χ1) is 10.5. The Bertz CT molecular complexity index is 742. The van der Waals surface area contributed by atoms with Crippen molar-refractivity contribution < 1.29 is 14.5 Å². The number of ether oxygens (including phenoxy) is 1. The van der Waals surface area contributed by atoms with Crippen molar-refractivity contribution in [2.45, 2.75) is 0 Å². The number of carbonyl (C=O) groups is 1. The Labute approximate surface area is 135 Å². The number of hydrogen-bond donors (Lipinski definition) is 0. The zero-order valence-corrected chi connectivity index (χ0v) is 12.5. The molecule has 0 radical (unpaired) electrons. The zero-order chi connectivity index (χ0) is 16.1. The van der Waals surface area contributed by atoms with Crippen LogP contribution in [0.5, 0.6) is 5.75 Å². The molecule has 0 atom stereocenters. The average molecular weight is 338 g/mol. The first kappa shape index (κ1) is 16.0. The van der Waals surface area contributed by atoms with Crippen molar-refractivity contribution in [3.63, 3.8) is 0 Å². The summed E-state index contributed by atoms with van der Waals surface area (Å²) >= 11 is 11.4. The molecule has 112 valence electrons. The fourth-order valence-corrected chi connectivity index (χ4v) is 1.90. The third-order valence-corrected chi connectivity index (χ3v) is 3.18. The van der Waals surface area contributed by atoms with E-state index < -0.39 is 10.9 Å². The SMILES string of the molecule is O=C(/C=C/c1ccc(Cl)c([N+](=O)[O-])c1)Oc1ccc(Cl)cc1. The molecule has 0 saturated carbocycles. The van der Waals surface area contributed by atoms with Gasteiger partial charge in [-0.25, -0.2) is 4.79 Å². The number of halogens is 2. The highest BCUT2D eigenvalue weighted by molar-refractivity contribution is 6.32. The van der Waals surface area contributed by atoms with Gasteiger partial charge in [0, 0.05) is 17.2 Å². The van der Waals surface area contributed by atoms with E-state index in [0.29, 0.717) is 16.3 Å². The standard InChI is InChI=1S/C15H9Cl2NO4/c16-11-3-5-12(6-4-11)22-15(19)8-2-10-1-7-13(17)14(9-10)18(20)21/h1-9H/b8-2+. The summed E-state index contributed by atoms with van der Waals surface area (Å²) in [5.41, 5.74) is 0.235. The number of nitro benzene ring substituents is 1. The monoisotopic (exact) mass is 337 g/mol. The van der Waals surface area contributed by atoms with Crippen molar-refractivity contribution >= 4 is 40.9 Å². The highest BCUT2D eigenvalue weighted by Crippen LogP contribution is 2.25. The Morgan fingerprint density at radius 3 is 2.45 bits per heavy atom. The number of carbonyl (C=O) groups excluding carboxylic acids is 1. The Kier molecular flexibility index (Phi) is 5.14. The van der Waals surface area contributed by atoms with E-state index >= 15 is 0 Å². The summed E-state index contributed by atoms with van der Waals surface area (Å²) in [4.78, 5) is 21.8. The second kappa shape index (κ2) is 7.06. The van der Waals surface area contributed by atoms with Crippen LogP contribution in [0.25, 0.3) is 6.08 Å². The van der Waals surface area contributed by atoms with Gasteiger partial charge >= 0.3 is 5.97 Å². The van der Waals surface area contributed by atoms with E-state index in [1.807, 2.05) is 0 Å². The maximum absolute atomic E-state index is 11.7. The molecule has 0 N–H and O–H groups in total. The van der Waals surface area contributed by atoms with E-state index in [-0.39, 0.29) is 10.7 Å². The molecule has 0 heterocycles. The predicted molar refractivity (Wildman–Crippen MR) is 84.2 cm³/mol. The van der Waals surface area contributed by atoms with Gasteiger partial charge in [0.15, 0.2) is 0 Å². The molecule has 0 aliphatic rings. The zero-order valence-electron chi connectivity index (χ0n) is 11.0. The summed E-state index contributed by atoms with van der Waals surface area (Å²) in [6.07, 6.45) is 2.57. The number of esters is 1. The van der Waals surface area contributed by atoms with Crippen molar-refractivity contribution in [1.29, 1.82) is 0 Å². The minimum absolute atomic E-state index is 0.0332. The van der Waals surface area contributed by atoms with E-state index in [2.05, 4.69) is 0 Å². The smallest absolute Gasteiger partial charge is 0.336 e. The van der Waals surface area contributed by atoms with Gasteiger partial charge in [-0.05, 0) is 42.0 Å². The van der Waals surface area contributed by atoms with E-state index in [9.17, 15) is 14.9 Å². The van der Waals surface area contributed by atoms with Gasteiger partial charge in [0.2, 0.25) is 0 Å². The van der Waals surface area contributed by atoms with Crippen LogP contribution < -0.4 is 4.74 Å². The van der Waals surface area contributed by atoms with Crippen LogP contribution in [0, 0.1) is 10.1 Å². The van der Waals surface area contributed by atoms with Crippen molar-refractivity contribution in [3.05, 3.63) is 74.3 Å². The van der Waals surface area contributed by atoms with Crippen LogP contribution in [0.4, 0.5) is 5.69 Å². The minimum atomic E-state index is -0.611. The topological polar surface area (TPSA) is 69.4 Å². The molecule has 0 amide bonds.